The minimum absolute atomic E-state index is 0.00711. The molecule has 0 saturated heterocycles. The summed E-state index contributed by atoms with van der Waals surface area (Å²) < 4.78 is 0. The molecule has 1 unspecified atom stereocenters. The second-order valence-corrected chi connectivity index (χ2v) is 4.50. The van der Waals surface area contributed by atoms with E-state index in [1.807, 2.05) is 24.4 Å². The van der Waals surface area contributed by atoms with E-state index >= 15 is 0 Å². The molecular formula is C9H12ClNOS. The van der Waals surface area contributed by atoms with Gasteiger partial charge in [0.25, 0.3) is 5.91 Å². The lowest BCUT2D eigenvalue weighted by molar-refractivity contribution is 0.0957. The van der Waals surface area contributed by atoms with E-state index in [4.69, 9.17) is 11.6 Å². The first-order valence-corrected chi connectivity index (χ1v) is 5.47. The molecule has 1 rings (SSSR count). The number of alkyl halides is 1. The normalized spacial score (nSPS) is 12.5. The van der Waals surface area contributed by atoms with Crippen molar-refractivity contribution in [3.8, 4) is 0 Å². The van der Waals surface area contributed by atoms with E-state index in [1.165, 1.54) is 11.3 Å². The van der Waals surface area contributed by atoms with Crippen molar-refractivity contribution in [2.24, 2.45) is 0 Å². The molecule has 0 aliphatic carbocycles. The van der Waals surface area contributed by atoms with Crippen LogP contribution in [0.1, 0.15) is 23.0 Å². The van der Waals surface area contributed by atoms with Gasteiger partial charge in [0.05, 0.1) is 4.88 Å². The molecule has 0 spiro atoms. The second kappa shape index (κ2) is 5.25. The van der Waals surface area contributed by atoms with Crippen LogP contribution in [-0.2, 0) is 0 Å². The van der Waals surface area contributed by atoms with E-state index in [0.717, 1.165) is 11.3 Å². The number of carbonyl (C=O) groups excluding carboxylic acids is 1. The highest BCUT2D eigenvalue weighted by molar-refractivity contribution is 7.12. The lowest BCUT2D eigenvalue weighted by Gasteiger charge is -2.04. The molecule has 4 heteroatoms. The smallest absolute Gasteiger partial charge is 0.261 e. The lowest BCUT2D eigenvalue weighted by Crippen LogP contribution is -2.24. The Hall–Kier alpha value is -0.540. The molecule has 0 bridgehead atoms. The van der Waals surface area contributed by atoms with Gasteiger partial charge in [0.2, 0.25) is 0 Å². The number of amides is 1. The standard InChI is InChI=1S/C9H12ClNOS/c1-7(10)4-5-11-9(12)8-3-2-6-13-8/h2-3,6-7H,4-5H2,1H3,(H,11,12). The number of thiophene rings is 1. The van der Waals surface area contributed by atoms with Gasteiger partial charge in [-0.25, -0.2) is 0 Å². The largest absolute Gasteiger partial charge is 0.351 e. The fourth-order valence-corrected chi connectivity index (χ4v) is 1.63. The average Bonchev–Trinajstić information content (AvgIpc) is 2.55. The fraction of sp³-hybridized carbons (Fsp3) is 0.444. The third kappa shape index (κ3) is 3.79. The molecule has 1 amide bonds. The van der Waals surface area contributed by atoms with E-state index in [1.54, 1.807) is 0 Å². The Kier molecular flexibility index (Phi) is 4.25. The van der Waals surface area contributed by atoms with Crippen LogP contribution in [0.2, 0.25) is 0 Å². The van der Waals surface area contributed by atoms with Gasteiger partial charge >= 0.3 is 0 Å². The highest BCUT2D eigenvalue weighted by Gasteiger charge is 2.05. The summed E-state index contributed by atoms with van der Waals surface area (Å²) in [6.07, 6.45) is 0.804. The van der Waals surface area contributed by atoms with Crippen molar-refractivity contribution in [1.82, 2.24) is 5.32 Å². The van der Waals surface area contributed by atoms with Gasteiger partial charge in [-0.05, 0) is 24.8 Å². The van der Waals surface area contributed by atoms with E-state index in [-0.39, 0.29) is 11.3 Å². The SMILES string of the molecule is CC(Cl)CCNC(=O)c1cccs1. The second-order valence-electron chi connectivity index (χ2n) is 2.80. The predicted octanol–water partition coefficient (Wildman–Crippen LogP) is 2.50. The summed E-state index contributed by atoms with van der Waals surface area (Å²) in [6, 6.07) is 3.67. The maximum absolute atomic E-state index is 11.3. The van der Waals surface area contributed by atoms with Crippen LogP contribution in [0.3, 0.4) is 0 Å². The zero-order chi connectivity index (χ0) is 9.68. The summed E-state index contributed by atoms with van der Waals surface area (Å²) in [4.78, 5) is 12.1. The Balaban J connectivity index is 2.27. The van der Waals surface area contributed by atoms with Gasteiger partial charge in [-0.15, -0.1) is 22.9 Å². The molecule has 2 nitrogen and oxygen atoms in total. The Morgan fingerprint density at radius 1 is 1.77 bits per heavy atom. The minimum atomic E-state index is -0.00711. The van der Waals surface area contributed by atoms with Crippen LogP contribution in [0, 0.1) is 0 Å². The van der Waals surface area contributed by atoms with Gasteiger partial charge in [0.1, 0.15) is 0 Å². The number of nitrogens with one attached hydrogen (secondary N) is 1. The maximum atomic E-state index is 11.3. The van der Waals surface area contributed by atoms with Gasteiger partial charge in [-0.1, -0.05) is 6.07 Å². The number of hydrogen-bond acceptors (Lipinski definition) is 2. The number of carbonyl (C=O) groups is 1. The van der Waals surface area contributed by atoms with Crippen LogP contribution < -0.4 is 5.32 Å². The highest BCUT2D eigenvalue weighted by Crippen LogP contribution is 2.07. The summed E-state index contributed by atoms with van der Waals surface area (Å²) in [5, 5.41) is 4.81. The molecule has 0 aromatic carbocycles. The molecule has 0 aliphatic rings. The minimum Gasteiger partial charge on any atom is -0.351 e. The molecule has 0 fully saturated rings. The van der Waals surface area contributed by atoms with Crippen LogP contribution in [0.5, 0.6) is 0 Å². The molecule has 1 heterocycles. The molecular weight excluding hydrogens is 206 g/mol. The summed E-state index contributed by atoms with van der Waals surface area (Å²) in [7, 11) is 0. The molecule has 1 atom stereocenters. The highest BCUT2D eigenvalue weighted by atomic mass is 35.5. The summed E-state index contributed by atoms with van der Waals surface area (Å²) >= 11 is 7.18. The first-order valence-electron chi connectivity index (χ1n) is 4.16. The molecule has 1 aromatic heterocycles. The Morgan fingerprint density at radius 2 is 2.54 bits per heavy atom. The van der Waals surface area contributed by atoms with Crippen LogP contribution in [-0.4, -0.2) is 17.8 Å². The molecule has 0 aliphatic heterocycles. The zero-order valence-electron chi connectivity index (χ0n) is 7.42. The van der Waals surface area contributed by atoms with E-state index in [9.17, 15) is 4.79 Å². The van der Waals surface area contributed by atoms with Gasteiger partial charge in [-0.3, -0.25) is 4.79 Å². The van der Waals surface area contributed by atoms with E-state index < -0.39 is 0 Å². The van der Waals surface area contributed by atoms with E-state index in [0.29, 0.717) is 6.54 Å². The number of halogens is 1. The van der Waals surface area contributed by atoms with E-state index in [2.05, 4.69) is 5.32 Å². The zero-order valence-corrected chi connectivity index (χ0v) is 8.99. The molecule has 0 radical (unpaired) electrons. The number of rotatable bonds is 4. The van der Waals surface area contributed by atoms with Crippen LogP contribution >= 0.6 is 22.9 Å². The van der Waals surface area contributed by atoms with Gasteiger partial charge < -0.3 is 5.32 Å². The van der Waals surface area contributed by atoms with Gasteiger partial charge in [0.15, 0.2) is 0 Å². The Bertz CT molecular complexity index is 259. The Morgan fingerprint density at radius 3 is 3.08 bits per heavy atom. The third-order valence-electron chi connectivity index (χ3n) is 1.57. The van der Waals surface area contributed by atoms with Gasteiger partial charge in [-0.2, -0.15) is 0 Å². The molecule has 1 aromatic rings. The van der Waals surface area contributed by atoms with Crippen LogP contribution in [0.15, 0.2) is 17.5 Å². The summed E-state index contributed by atoms with van der Waals surface area (Å²) in [5.41, 5.74) is 0. The topological polar surface area (TPSA) is 29.1 Å². The van der Waals surface area contributed by atoms with Crippen molar-refractivity contribution in [1.29, 1.82) is 0 Å². The summed E-state index contributed by atoms with van der Waals surface area (Å²) in [6.45, 7) is 2.56. The third-order valence-corrected chi connectivity index (χ3v) is 2.66. The average molecular weight is 218 g/mol. The van der Waals surface area contributed by atoms with Crippen molar-refractivity contribution in [3.63, 3.8) is 0 Å². The molecule has 13 heavy (non-hydrogen) atoms. The summed E-state index contributed by atoms with van der Waals surface area (Å²) in [5.74, 6) is -0.00711. The van der Waals surface area contributed by atoms with Gasteiger partial charge in [0, 0.05) is 11.9 Å². The maximum Gasteiger partial charge on any atom is 0.261 e. The monoisotopic (exact) mass is 217 g/mol. The van der Waals surface area contributed by atoms with Crippen LogP contribution in [0.25, 0.3) is 0 Å². The predicted molar refractivity (Wildman–Crippen MR) is 56.6 cm³/mol. The quantitative estimate of drug-likeness (QED) is 0.772. The van der Waals surface area contributed by atoms with Crippen molar-refractivity contribution < 1.29 is 4.79 Å². The first kappa shape index (κ1) is 10.5. The number of hydrogen-bond donors (Lipinski definition) is 1. The molecule has 1 N–H and O–H groups in total. The van der Waals surface area contributed by atoms with Crippen molar-refractivity contribution >= 4 is 28.8 Å². The fourth-order valence-electron chi connectivity index (χ4n) is 0.879. The Labute approximate surface area is 86.9 Å². The first-order chi connectivity index (χ1) is 6.20. The van der Waals surface area contributed by atoms with Crippen LogP contribution in [0.4, 0.5) is 0 Å². The molecule has 72 valence electrons. The van der Waals surface area contributed by atoms with Crippen molar-refractivity contribution in [3.05, 3.63) is 22.4 Å². The van der Waals surface area contributed by atoms with Crippen molar-refractivity contribution in [2.45, 2.75) is 18.7 Å². The molecule has 0 saturated carbocycles. The van der Waals surface area contributed by atoms with Crippen molar-refractivity contribution in [2.75, 3.05) is 6.54 Å². The lowest BCUT2D eigenvalue weighted by atomic mass is 10.3.